The molecule has 0 aliphatic carbocycles. The SMILES string of the molecule is CSc1ccc(Oc2ccc(C)cc2/C=C/C(=O)O)cc1. The number of hydrogen-bond acceptors (Lipinski definition) is 3. The van der Waals surface area contributed by atoms with E-state index in [1.807, 2.05) is 55.6 Å². The van der Waals surface area contributed by atoms with E-state index in [1.165, 1.54) is 0 Å². The van der Waals surface area contributed by atoms with Crippen molar-refractivity contribution < 1.29 is 14.6 Å². The third-order valence-corrected chi connectivity index (χ3v) is 3.60. The molecular formula is C17H16O3S. The predicted octanol–water partition coefficient (Wildman–Crippen LogP) is 4.61. The highest BCUT2D eigenvalue weighted by Crippen LogP contribution is 2.28. The number of ether oxygens (including phenoxy) is 1. The minimum atomic E-state index is -0.980. The van der Waals surface area contributed by atoms with Crippen molar-refractivity contribution in [3.8, 4) is 11.5 Å². The van der Waals surface area contributed by atoms with Crippen LogP contribution in [0.2, 0.25) is 0 Å². The maximum Gasteiger partial charge on any atom is 0.328 e. The largest absolute Gasteiger partial charge is 0.478 e. The molecule has 0 unspecified atom stereocenters. The number of carboxylic acids is 1. The summed E-state index contributed by atoms with van der Waals surface area (Å²) in [5, 5.41) is 8.75. The van der Waals surface area contributed by atoms with Gasteiger partial charge in [-0.25, -0.2) is 4.79 Å². The Morgan fingerprint density at radius 2 is 1.90 bits per heavy atom. The molecule has 0 spiro atoms. The highest BCUT2D eigenvalue weighted by molar-refractivity contribution is 7.98. The molecule has 0 bridgehead atoms. The second-order valence-corrected chi connectivity index (χ2v) is 5.37. The number of aryl methyl sites for hydroxylation is 1. The van der Waals surface area contributed by atoms with Crippen molar-refractivity contribution in [1.29, 1.82) is 0 Å². The molecule has 1 N–H and O–H groups in total. The summed E-state index contributed by atoms with van der Waals surface area (Å²) in [7, 11) is 0. The average Bonchev–Trinajstić information content (AvgIpc) is 2.48. The Morgan fingerprint density at radius 1 is 1.19 bits per heavy atom. The van der Waals surface area contributed by atoms with Crippen LogP contribution in [0.25, 0.3) is 6.08 Å². The fourth-order valence-corrected chi connectivity index (χ4v) is 2.23. The van der Waals surface area contributed by atoms with Gasteiger partial charge in [0, 0.05) is 16.5 Å². The second kappa shape index (κ2) is 6.99. The van der Waals surface area contributed by atoms with Crippen LogP contribution in [-0.2, 0) is 4.79 Å². The van der Waals surface area contributed by atoms with E-state index in [4.69, 9.17) is 9.84 Å². The Balaban J connectivity index is 2.27. The van der Waals surface area contributed by atoms with Crippen molar-refractivity contribution in [1.82, 2.24) is 0 Å². The molecule has 0 aliphatic rings. The third kappa shape index (κ3) is 4.39. The highest BCUT2D eigenvalue weighted by Gasteiger charge is 2.04. The van der Waals surface area contributed by atoms with Crippen LogP contribution >= 0.6 is 11.8 Å². The Morgan fingerprint density at radius 3 is 2.52 bits per heavy atom. The van der Waals surface area contributed by atoms with Crippen LogP contribution in [0.15, 0.2) is 53.4 Å². The van der Waals surface area contributed by atoms with E-state index in [9.17, 15) is 4.79 Å². The molecule has 108 valence electrons. The van der Waals surface area contributed by atoms with Gasteiger partial charge in [-0.2, -0.15) is 0 Å². The lowest BCUT2D eigenvalue weighted by Crippen LogP contribution is -1.90. The van der Waals surface area contributed by atoms with Crippen molar-refractivity contribution in [2.75, 3.05) is 6.26 Å². The molecule has 0 fully saturated rings. The van der Waals surface area contributed by atoms with Gasteiger partial charge in [0.2, 0.25) is 0 Å². The van der Waals surface area contributed by atoms with E-state index < -0.39 is 5.97 Å². The molecule has 3 nitrogen and oxygen atoms in total. The third-order valence-electron chi connectivity index (χ3n) is 2.86. The molecule has 0 aliphatic heterocycles. The minimum Gasteiger partial charge on any atom is -0.478 e. The molecule has 0 saturated carbocycles. The first-order valence-corrected chi connectivity index (χ1v) is 7.64. The van der Waals surface area contributed by atoms with Crippen LogP contribution in [0, 0.1) is 6.92 Å². The summed E-state index contributed by atoms with van der Waals surface area (Å²) >= 11 is 1.67. The number of rotatable bonds is 5. The zero-order chi connectivity index (χ0) is 15.2. The quantitative estimate of drug-likeness (QED) is 0.647. The van der Waals surface area contributed by atoms with Crippen molar-refractivity contribution in [2.24, 2.45) is 0 Å². The normalized spacial score (nSPS) is 10.8. The second-order valence-electron chi connectivity index (χ2n) is 4.49. The molecule has 0 heterocycles. The van der Waals surface area contributed by atoms with Gasteiger partial charge in [0.25, 0.3) is 0 Å². The summed E-state index contributed by atoms with van der Waals surface area (Å²) in [6.45, 7) is 1.95. The van der Waals surface area contributed by atoms with Crippen molar-refractivity contribution in [3.05, 3.63) is 59.7 Å². The van der Waals surface area contributed by atoms with E-state index in [2.05, 4.69) is 0 Å². The van der Waals surface area contributed by atoms with Gasteiger partial charge in [0.1, 0.15) is 11.5 Å². The molecular weight excluding hydrogens is 284 g/mol. The first kappa shape index (κ1) is 15.2. The van der Waals surface area contributed by atoms with Gasteiger partial charge in [-0.3, -0.25) is 0 Å². The molecule has 0 saturated heterocycles. The van der Waals surface area contributed by atoms with Crippen LogP contribution < -0.4 is 4.74 Å². The van der Waals surface area contributed by atoms with Crippen molar-refractivity contribution in [2.45, 2.75) is 11.8 Å². The van der Waals surface area contributed by atoms with Crippen LogP contribution in [0.4, 0.5) is 0 Å². The van der Waals surface area contributed by atoms with Gasteiger partial charge in [-0.05, 0) is 55.7 Å². The van der Waals surface area contributed by atoms with Crippen LogP contribution in [0.3, 0.4) is 0 Å². The lowest BCUT2D eigenvalue weighted by Gasteiger charge is -2.10. The summed E-state index contributed by atoms with van der Waals surface area (Å²) < 4.78 is 5.84. The number of thioether (sulfide) groups is 1. The van der Waals surface area contributed by atoms with Crippen LogP contribution in [0.1, 0.15) is 11.1 Å². The number of benzene rings is 2. The Kier molecular flexibility index (Phi) is 5.06. The molecule has 0 aromatic heterocycles. The molecule has 0 radical (unpaired) electrons. The molecule has 0 amide bonds. The average molecular weight is 300 g/mol. The summed E-state index contributed by atoms with van der Waals surface area (Å²) in [6, 6.07) is 13.4. The number of hydrogen-bond donors (Lipinski definition) is 1. The van der Waals surface area contributed by atoms with Gasteiger partial charge >= 0.3 is 5.97 Å². The van der Waals surface area contributed by atoms with E-state index in [-0.39, 0.29) is 0 Å². The zero-order valence-corrected chi connectivity index (χ0v) is 12.7. The van der Waals surface area contributed by atoms with Crippen molar-refractivity contribution >= 4 is 23.8 Å². The van der Waals surface area contributed by atoms with Gasteiger partial charge < -0.3 is 9.84 Å². The van der Waals surface area contributed by atoms with E-state index in [0.29, 0.717) is 5.75 Å². The van der Waals surface area contributed by atoms with E-state index in [1.54, 1.807) is 17.8 Å². The highest BCUT2D eigenvalue weighted by atomic mass is 32.2. The fraction of sp³-hybridized carbons (Fsp3) is 0.118. The topological polar surface area (TPSA) is 46.5 Å². The number of carboxylic acid groups (broad SMARTS) is 1. The van der Waals surface area contributed by atoms with E-state index in [0.717, 1.165) is 27.8 Å². The minimum absolute atomic E-state index is 0.634. The Bertz CT molecular complexity index is 660. The first-order chi connectivity index (χ1) is 10.1. The maximum atomic E-state index is 10.7. The summed E-state index contributed by atoms with van der Waals surface area (Å²) in [5.74, 6) is 0.378. The molecule has 4 heteroatoms. The molecule has 2 aromatic carbocycles. The molecule has 2 rings (SSSR count). The predicted molar refractivity (Wildman–Crippen MR) is 86.1 cm³/mol. The van der Waals surface area contributed by atoms with Crippen LogP contribution in [-0.4, -0.2) is 17.3 Å². The van der Waals surface area contributed by atoms with Gasteiger partial charge in [-0.1, -0.05) is 11.6 Å². The van der Waals surface area contributed by atoms with Crippen LogP contribution in [0.5, 0.6) is 11.5 Å². The molecule has 2 aromatic rings. The van der Waals surface area contributed by atoms with Gasteiger partial charge in [0.15, 0.2) is 0 Å². The Hall–Kier alpha value is -2.20. The standard InChI is InChI=1S/C17H16O3S/c1-12-3-9-16(13(11-12)4-10-17(18)19)20-14-5-7-15(21-2)8-6-14/h3-11H,1-2H3,(H,18,19)/b10-4+. The molecule has 21 heavy (non-hydrogen) atoms. The summed E-state index contributed by atoms with van der Waals surface area (Å²) in [6.07, 6.45) is 4.67. The van der Waals surface area contributed by atoms with E-state index >= 15 is 0 Å². The van der Waals surface area contributed by atoms with Gasteiger partial charge in [-0.15, -0.1) is 11.8 Å². The van der Waals surface area contributed by atoms with Crippen molar-refractivity contribution in [3.63, 3.8) is 0 Å². The lowest BCUT2D eigenvalue weighted by atomic mass is 10.1. The maximum absolute atomic E-state index is 10.7. The number of carbonyl (C=O) groups is 1. The Labute approximate surface area is 128 Å². The summed E-state index contributed by atoms with van der Waals surface area (Å²) in [5.41, 5.74) is 1.79. The molecule has 0 atom stereocenters. The van der Waals surface area contributed by atoms with Gasteiger partial charge in [0.05, 0.1) is 0 Å². The smallest absolute Gasteiger partial charge is 0.328 e. The first-order valence-electron chi connectivity index (χ1n) is 6.42. The number of aliphatic carboxylic acids is 1. The zero-order valence-electron chi connectivity index (χ0n) is 11.9. The fourth-order valence-electron chi connectivity index (χ4n) is 1.82. The monoisotopic (exact) mass is 300 g/mol. The lowest BCUT2D eigenvalue weighted by molar-refractivity contribution is -0.131. The summed E-state index contributed by atoms with van der Waals surface area (Å²) in [4.78, 5) is 11.8.